The molecule has 0 aromatic rings. The molecule has 0 saturated heterocycles. The van der Waals surface area contributed by atoms with Crippen LogP contribution in [0.2, 0.25) is 0 Å². The van der Waals surface area contributed by atoms with Gasteiger partial charge in [-0.1, -0.05) is 48.0 Å². The smallest absolute Gasteiger partial charge is 0.303 e. The highest BCUT2D eigenvalue weighted by atomic mass is 16.4. The minimum Gasteiger partial charge on any atom is -0.481 e. The maximum absolute atomic E-state index is 11.9. The van der Waals surface area contributed by atoms with Crippen molar-refractivity contribution in [1.29, 1.82) is 5.41 Å². The maximum Gasteiger partial charge on any atom is 0.303 e. The number of aliphatic carboxylic acids is 2. The van der Waals surface area contributed by atoms with Crippen LogP contribution in [0.25, 0.3) is 0 Å². The number of carbonyl (C=O) groups is 3. The molecule has 98 heavy (non-hydrogen) atoms. The van der Waals surface area contributed by atoms with Gasteiger partial charge in [0.25, 0.3) is 0 Å². The summed E-state index contributed by atoms with van der Waals surface area (Å²) >= 11 is 0. The topological polar surface area (TPSA) is 482 Å². The first-order chi connectivity index (χ1) is 47.3. The van der Waals surface area contributed by atoms with Crippen molar-refractivity contribution >= 4 is 54.9 Å². The van der Waals surface area contributed by atoms with E-state index in [0.717, 1.165) is 111 Å². The van der Waals surface area contributed by atoms with E-state index in [4.69, 9.17) is 33.5 Å². The first-order valence-electron chi connectivity index (χ1n) is 36.5. The molecular weight excluding hydrogens is 1250 g/mol. The average Bonchev–Trinajstić information content (AvgIpc) is 1.20. The van der Waals surface area contributed by atoms with E-state index in [1.807, 2.05) is 12.4 Å². The van der Waals surface area contributed by atoms with Crippen LogP contribution in [-0.2, 0) is 14.4 Å². The number of primary amides is 1. The molecule has 0 saturated carbocycles. The Morgan fingerprint density at radius 1 is 0.469 bits per heavy atom. The number of hydrogen-bond donors (Lipinski definition) is 23. The fraction of sp³-hybridized carbons (Fsp3) is 0.851. The maximum atomic E-state index is 11.9. The van der Waals surface area contributed by atoms with Gasteiger partial charge in [-0.25, -0.2) is 0 Å². The van der Waals surface area contributed by atoms with Crippen LogP contribution in [0.3, 0.4) is 0 Å². The fourth-order valence-corrected chi connectivity index (χ4v) is 10.5. The second-order valence-electron chi connectivity index (χ2n) is 26.3. The van der Waals surface area contributed by atoms with Gasteiger partial charge >= 0.3 is 11.9 Å². The van der Waals surface area contributed by atoms with Gasteiger partial charge in [0.2, 0.25) is 5.91 Å². The van der Waals surface area contributed by atoms with Crippen molar-refractivity contribution < 1.29 is 29.7 Å². The van der Waals surface area contributed by atoms with Crippen molar-refractivity contribution in [3.63, 3.8) is 0 Å². The highest BCUT2D eigenvalue weighted by Crippen LogP contribution is 2.10. The fourth-order valence-electron chi connectivity index (χ4n) is 10.5. The highest BCUT2D eigenvalue weighted by Gasteiger charge is 2.21. The molecule has 0 rings (SSSR count). The van der Waals surface area contributed by atoms with Crippen LogP contribution in [-0.4, -0.2) is 301 Å². The number of nitrogens with zero attached hydrogens (tertiary/aromatic N) is 5. The Labute approximate surface area is 589 Å². The van der Waals surface area contributed by atoms with Crippen molar-refractivity contribution in [1.82, 2.24) is 79.8 Å². The van der Waals surface area contributed by atoms with Gasteiger partial charge in [-0.05, 0) is 75.7 Å². The Morgan fingerprint density at radius 2 is 0.949 bits per heavy atom. The minimum atomic E-state index is -0.861. The lowest BCUT2D eigenvalue weighted by atomic mass is 10.0. The third kappa shape index (κ3) is 61.2. The number of rotatable bonds is 74. The largest absolute Gasteiger partial charge is 0.481 e. The van der Waals surface area contributed by atoms with Gasteiger partial charge in [-0.2, -0.15) is 0 Å². The van der Waals surface area contributed by atoms with Gasteiger partial charge in [0.1, 0.15) is 0 Å². The molecule has 0 bridgehead atoms. The summed E-state index contributed by atoms with van der Waals surface area (Å²) in [5.41, 5.74) is 22.6. The molecule has 0 aliphatic heterocycles. The van der Waals surface area contributed by atoms with Crippen molar-refractivity contribution in [3.05, 3.63) is 7.05 Å². The SMILES string of the molecule is [CH2]NCCNC[C@@H](NC[C@H](CC(C)C)NC[C@H](CCCCN)NC[C@H](CCC(N)=O)NCCNCCNC[C@@H](NC[C@H](CCC(=O)O)NCC=NCCNC[C@H](CO)NCCNCC=NC[C@H](CCCN=C(N)N)NCC=NC[C@H](CCC(=O)O)NCC=NCC=N)C(C)C)C(C)C. The Kier molecular flexibility index (Phi) is 63.7. The molecule has 0 unspecified atom stereocenters. The second-order valence-corrected chi connectivity index (χ2v) is 26.3. The van der Waals surface area contributed by atoms with Gasteiger partial charge in [0.05, 0.1) is 32.8 Å². The molecule has 0 aliphatic carbocycles. The molecule has 31 nitrogen and oxygen atoms in total. The molecule has 0 spiro atoms. The summed E-state index contributed by atoms with van der Waals surface area (Å²) in [5, 5.41) is 88.7. The number of amides is 1. The van der Waals surface area contributed by atoms with Crippen LogP contribution < -0.4 is 103 Å². The first-order valence-corrected chi connectivity index (χ1v) is 36.5. The number of carbonyl (C=O) groups excluding carboxylic acids is 1. The van der Waals surface area contributed by atoms with E-state index >= 15 is 0 Å². The molecule has 0 fully saturated rings. The van der Waals surface area contributed by atoms with Gasteiger partial charge in [-0.3, -0.25) is 39.3 Å². The number of guanidine groups is 1. The summed E-state index contributed by atoms with van der Waals surface area (Å²) < 4.78 is 0. The van der Waals surface area contributed by atoms with Gasteiger partial charge < -0.3 is 123 Å². The third-order valence-corrected chi connectivity index (χ3v) is 16.4. The minimum absolute atomic E-state index is 0.0180. The van der Waals surface area contributed by atoms with Crippen LogP contribution >= 0.6 is 0 Å². The summed E-state index contributed by atoms with van der Waals surface area (Å²) in [7, 11) is 3.72. The number of carboxylic acids is 2. The zero-order valence-corrected chi connectivity index (χ0v) is 61.2. The van der Waals surface area contributed by atoms with Gasteiger partial charge in [0, 0.05) is 249 Å². The normalized spacial score (nSPS) is 15.1. The van der Waals surface area contributed by atoms with Crippen molar-refractivity contribution in [3.8, 4) is 0 Å². The van der Waals surface area contributed by atoms with Crippen molar-refractivity contribution in [2.75, 3.05) is 177 Å². The number of nitrogens with two attached hydrogens (primary N) is 4. The van der Waals surface area contributed by atoms with E-state index in [-0.39, 0.29) is 73.6 Å². The van der Waals surface area contributed by atoms with E-state index in [1.165, 1.54) is 6.21 Å². The van der Waals surface area contributed by atoms with Crippen LogP contribution in [0.5, 0.6) is 0 Å². The van der Waals surface area contributed by atoms with E-state index in [9.17, 15) is 24.6 Å². The third-order valence-electron chi connectivity index (χ3n) is 16.4. The lowest BCUT2D eigenvalue weighted by Crippen LogP contribution is -2.52. The zero-order valence-electron chi connectivity index (χ0n) is 61.2. The number of carboxylic acid groups (broad SMARTS) is 2. The monoisotopic (exact) mass is 1390 g/mol. The highest BCUT2D eigenvalue weighted by molar-refractivity contribution is 5.75. The van der Waals surface area contributed by atoms with Crippen molar-refractivity contribution in [2.24, 2.45) is 65.7 Å². The molecule has 0 heterocycles. The Hall–Kier alpha value is -4.65. The number of nitrogens with one attached hydrogen (secondary N) is 16. The van der Waals surface area contributed by atoms with E-state index in [2.05, 4.69) is 153 Å². The molecule has 27 N–H and O–H groups in total. The van der Waals surface area contributed by atoms with Crippen LogP contribution in [0.15, 0.2) is 25.0 Å². The predicted octanol–water partition coefficient (Wildman–Crippen LogP) is -2.60. The van der Waals surface area contributed by atoms with E-state index in [0.29, 0.717) is 154 Å². The molecule has 571 valence electrons. The first kappa shape index (κ1) is 93.3. The average molecular weight is 1390 g/mol. The zero-order chi connectivity index (χ0) is 72.5. The van der Waals surface area contributed by atoms with E-state index in [1.54, 1.807) is 12.4 Å². The number of aliphatic hydroxyl groups excluding tert-OH is 1. The lowest BCUT2D eigenvalue weighted by molar-refractivity contribution is -0.138. The Morgan fingerprint density at radius 3 is 1.53 bits per heavy atom. The van der Waals surface area contributed by atoms with Crippen LogP contribution in [0, 0.1) is 30.2 Å². The number of aliphatic imine (C=N–C) groups is 5. The summed E-state index contributed by atoms with van der Waals surface area (Å²) in [6, 6.07) is 0.961. The number of unbranched alkanes of at least 4 members (excludes halogenated alkanes) is 1. The van der Waals surface area contributed by atoms with Gasteiger partial charge in [0.15, 0.2) is 5.96 Å². The molecule has 1 radical (unpaired) electrons. The van der Waals surface area contributed by atoms with Crippen LogP contribution in [0.4, 0.5) is 0 Å². The summed E-state index contributed by atoms with van der Waals surface area (Å²) in [6.07, 6.45) is 16.0. The Balaban J connectivity index is 4.91. The number of aliphatic hydroxyl groups is 1. The molecule has 1 amide bonds. The summed E-state index contributed by atoms with van der Waals surface area (Å²) in [6.45, 7) is 30.6. The van der Waals surface area contributed by atoms with Gasteiger partial charge in [-0.15, -0.1) is 0 Å². The van der Waals surface area contributed by atoms with E-state index < -0.39 is 11.9 Å². The summed E-state index contributed by atoms with van der Waals surface area (Å²) in [4.78, 5) is 56.6. The molecular formula is C67H142N25O6. The summed E-state index contributed by atoms with van der Waals surface area (Å²) in [5.74, 6) is -0.525. The quantitative estimate of drug-likeness (QED) is 0.0169. The Bertz CT molecular complexity index is 2040. The molecule has 0 aromatic heterocycles. The molecule has 0 aromatic carbocycles. The number of hydrogen-bond acceptors (Lipinski definition) is 26. The van der Waals surface area contributed by atoms with Crippen LogP contribution in [0.1, 0.15) is 119 Å². The molecule has 0 aliphatic rings. The molecule has 31 heteroatoms. The molecule has 9 atom stereocenters. The van der Waals surface area contributed by atoms with Crippen molar-refractivity contribution in [2.45, 2.75) is 173 Å². The predicted molar refractivity (Wildman–Crippen MR) is 407 cm³/mol. The standard InChI is InChI=1S/C67H142N25O6/c1-52(2)41-60(48-92-63(54(5)6)49-81-24-23-73-7)90-45-56(11-8-9-19-68)89-46-58(13-16-64(70)94)85-37-32-77-27-30-82-50-62(53(3)4)91-47-59(15-18-66(97)98)86-38-33-75-26-29-79-44-61(51-93)87-39-34-76-25-28-78-42-55(12-10-21-88-67(71)72)83-40-35-80-43-57(14-17-65(95)96)84-36-31-74-22-20-69/h20,28,31,33,35,52-63,69,73,76-77,79,81-87,89-93H,7-19,21-27,29-30,32,34,36-51,68H2,1-6H3,(H2,70,94)(H,95,96)(H,97,98)(H4,71,72,88)/t55-,56-,57-,58-,59-,60-,61+,62+,63+/m0/s1. The lowest BCUT2D eigenvalue weighted by Gasteiger charge is -2.30. The second kappa shape index (κ2) is 66.9.